The number of hydrogen-bond donors (Lipinski definition) is 2. The van der Waals surface area contributed by atoms with Crippen LogP contribution in [0.2, 0.25) is 0 Å². The van der Waals surface area contributed by atoms with E-state index >= 15 is 0 Å². The molecule has 0 radical (unpaired) electrons. The predicted octanol–water partition coefficient (Wildman–Crippen LogP) is 3.44. The molecule has 7 nitrogen and oxygen atoms in total. The SMILES string of the molecule is Cn1cc(-c2ccc(-c3ccc(OC4CC5CCCC(C4)N5)nn3)c(O)c2F)cn1. The number of benzene rings is 1. The Bertz CT molecular complexity index is 1040. The quantitative estimate of drug-likeness (QED) is 0.687. The molecule has 2 fully saturated rings. The Hall–Kier alpha value is -3.00. The fraction of sp³-hybridized carbons (Fsp3) is 0.409. The van der Waals surface area contributed by atoms with Crippen molar-refractivity contribution in [3.63, 3.8) is 0 Å². The van der Waals surface area contributed by atoms with Gasteiger partial charge in [0.15, 0.2) is 11.6 Å². The lowest BCUT2D eigenvalue weighted by Gasteiger charge is -2.39. The average molecular weight is 409 g/mol. The van der Waals surface area contributed by atoms with E-state index in [1.165, 1.54) is 19.3 Å². The van der Waals surface area contributed by atoms with Gasteiger partial charge in [0.25, 0.3) is 0 Å². The summed E-state index contributed by atoms with van der Waals surface area (Å²) in [6, 6.07) is 7.72. The third kappa shape index (κ3) is 3.63. The normalized spacial score (nSPS) is 23.3. The molecule has 2 saturated heterocycles. The van der Waals surface area contributed by atoms with Gasteiger partial charge in [-0.3, -0.25) is 4.68 Å². The second kappa shape index (κ2) is 7.68. The third-order valence-corrected chi connectivity index (χ3v) is 6.01. The van der Waals surface area contributed by atoms with Gasteiger partial charge in [-0.15, -0.1) is 10.2 Å². The fourth-order valence-electron chi connectivity index (χ4n) is 4.56. The molecule has 0 saturated carbocycles. The molecule has 2 bridgehead atoms. The Labute approximate surface area is 173 Å². The van der Waals surface area contributed by atoms with Crippen LogP contribution in [0.15, 0.2) is 36.7 Å². The van der Waals surface area contributed by atoms with Gasteiger partial charge in [0.05, 0.1) is 11.9 Å². The summed E-state index contributed by atoms with van der Waals surface area (Å²) in [5.74, 6) is -0.704. The summed E-state index contributed by atoms with van der Waals surface area (Å²) in [5, 5.41) is 26.4. The van der Waals surface area contributed by atoms with E-state index in [4.69, 9.17) is 4.74 Å². The van der Waals surface area contributed by atoms with E-state index in [0.29, 0.717) is 29.2 Å². The Morgan fingerprint density at radius 3 is 2.53 bits per heavy atom. The van der Waals surface area contributed by atoms with Crippen molar-refractivity contribution < 1.29 is 14.2 Å². The van der Waals surface area contributed by atoms with Gasteiger partial charge in [0.1, 0.15) is 6.10 Å². The molecular formula is C22H24FN5O2. The Morgan fingerprint density at radius 1 is 1.10 bits per heavy atom. The molecule has 2 aliphatic heterocycles. The Morgan fingerprint density at radius 2 is 1.87 bits per heavy atom. The minimum Gasteiger partial charge on any atom is -0.504 e. The van der Waals surface area contributed by atoms with Crippen LogP contribution in [0.5, 0.6) is 11.6 Å². The topological polar surface area (TPSA) is 85.1 Å². The lowest BCUT2D eigenvalue weighted by Crippen LogP contribution is -2.51. The summed E-state index contributed by atoms with van der Waals surface area (Å²) in [7, 11) is 1.75. The van der Waals surface area contributed by atoms with E-state index in [1.54, 1.807) is 48.4 Å². The molecule has 8 heteroatoms. The van der Waals surface area contributed by atoms with Crippen LogP contribution in [0, 0.1) is 5.82 Å². The summed E-state index contributed by atoms with van der Waals surface area (Å²) in [4.78, 5) is 0. The highest BCUT2D eigenvalue weighted by Gasteiger charge is 2.32. The van der Waals surface area contributed by atoms with Crippen LogP contribution in [0.4, 0.5) is 4.39 Å². The molecular weight excluding hydrogens is 385 g/mol. The highest BCUT2D eigenvalue weighted by atomic mass is 19.1. The summed E-state index contributed by atoms with van der Waals surface area (Å²) in [6.07, 6.45) is 9.00. The number of aromatic nitrogens is 4. The standard InChI is InChI=1S/C22H24FN5O2/c1-28-12-13(11-24-28)17-5-6-18(22(29)21(17)23)19-7-8-20(27-26-19)30-16-9-14-3-2-4-15(10-16)25-14/h5-8,11-12,14-16,25,29H,2-4,9-10H2,1H3. The number of nitrogens with one attached hydrogen (secondary N) is 1. The van der Waals surface area contributed by atoms with Crippen molar-refractivity contribution in [2.45, 2.75) is 50.3 Å². The molecule has 1 aromatic carbocycles. The number of hydrogen-bond acceptors (Lipinski definition) is 6. The van der Waals surface area contributed by atoms with Gasteiger partial charge in [-0.2, -0.15) is 5.10 Å². The molecule has 3 aromatic rings. The number of ether oxygens (including phenoxy) is 1. The second-order valence-electron chi connectivity index (χ2n) is 8.19. The van der Waals surface area contributed by atoms with E-state index in [1.807, 2.05) is 0 Å². The highest BCUT2D eigenvalue weighted by molar-refractivity contribution is 5.74. The minimum absolute atomic E-state index is 0.131. The first-order valence-corrected chi connectivity index (χ1v) is 10.3. The second-order valence-corrected chi connectivity index (χ2v) is 8.19. The zero-order valence-corrected chi connectivity index (χ0v) is 16.8. The number of aryl methyl sites for hydroxylation is 1. The molecule has 0 aliphatic carbocycles. The molecule has 2 aromatic heterocycles. The molecule has 30 heavy (non-hydrogen) atoms. The van der Waals surface area contributed by atoms with Gasteiger partial charge in [-0.1, -0.05) is 12.5 Å². The zero-order chi connectivity index (χ0) is 20.7. The molecule has 4 heterocycles. The maximum absolute atomic E-state index is 14.8. The maximum Gasteiger partial charge on any atom is 0.233 e. The summed E-state index contributed by atoms with van der Waals surface area (Å²) >= 11 is 0. The first-order chi connectivity index (χ1) is 14.6. The van der Waals surface area contributed by atoms with Crippen LogP contribution in [0.3, 0.4) is 0 Å². The van der Waals surface area contributed by atoms with Crippen LogP contribution in [0.25, 0.3) is 22.4 Å². The molecule has 0 spiro atoms. The minimum atomic E-state index is -0.705. The van der Waals surface area contributed by atoms with Crippen LogP contribution >= 0.6 is 0 Å². The van der Waals surface area contributed by atoms with Gasteiger partial charge in [0, 0.05) is 48.1 Å². The number of piperidine rings is 2. The van der Waals surface area contributed by atoms with Crippen LogP contribution < -0.4 is 10.1 Å². The van der Waals surface area contributed by atoms with E-state index in [0.717, 1.165) is 12.8 Å². The maximum atomic E-state index is 14.8. The summed E-state index contributed by atoms with van der Waals surface area (Å²) < 4.78 is 22.4. The first-order valence-electron chi connectivity index (χ1n) is 10.3. The number of halogens is 1. The molecule has 156 valence electrons. The molecule has 5 rings (SSSR count). The Balaban J connectivity index is 1.33. The van der Waals surface area contributed by atoms with Gasteiger partial charge >= 0.3 is 0 Å². The van der Waals surface area contributed by atoms with Crippen molar-refractivity contribution in [3.8, 4) is 34.0 Å². The third-order valence-electron chi connectivity index (χ3n) is 6.01. The highest BCUT2D eigenvalue weighted by Crippen LogP contribution is 2.36. The molecule has 0 amide bonds. The van der Waals surface area contributed by atoms with Crippen LogP contribution in [-0.4, -0.2) is 43.3 Å². The van der Waals surface area contributed by atoms with Gasteiger partial charge in [-0.05, 0) is 37.8 Å². The zero-order valence-electron chi connectivity index (χ0n) is 16.8. The lowest BCUT2D eigenvalue weighted by atomic mass is 9.85. The molecule has 2 N–H and O–H groups in total. The molecule has 2 aliphatic rings. The lowest BCUT2D eigenvalue weighted by molar-refractivity contribution is 0.0881. The van der Waals surface area contributed by atoms with E-state index in [2.05, 4.69) is 20.6 Å². The summed E-state index contributed by atoms with van der Waals surface area (Å²) in [6.45, 7) is 0. The molecule has 2 atom stereocenters. The number of rotatable bonds is 4. The smallest absolute Gasteiger partial charge is 0.233 e. The van der Waals surface area contributed by atoms with Crippen molar-refractivity contribution in [1.29, 1.82) is 0 Å². The van der Waals surface area contributed by atoms with Gasteiger partial charge < -0.3 is 15.2 Å². The van der Waals surface area contributed by atoms with E-state index in [-0.39, 0.29) is 17.2 Å². The largest absolute Gasteiger partial charge is 0.504 e. The van der Waals surface area contributed by atoms with Gasteiger partial charge in [0.2, 0.25) is 5.88 Å². The number of phenolic OH excluding ortho intramolecular Hbond substituents is 1. The Kier molecular flexibility index (Phi) is 4.86. The molecule has 2 unspecified atom stereocenters. The van der Waals surface area contributed by atoms with Crippen molar-refractivity contribution in [2.24, 2.45) is 7.05 Å². The predicted molar refractivity (Wildman–Crippen MR) is 110 cm³/mol. The number of fused-ring (bicyclic) bond motifs is 2. The number of nitrogens with zero attached hydrogens (tertiary/aromatic N) is 4. The van der Waals surface area contributed by atoms with Crippen molar-refractivity contribution in [3.05, 3.63) is 42.5 Å². The fourth-order valence-corrected chi connectivity index (χ4v) is 4.56. The van der Waals surface area contributed by atoms with Crippen LogP contribution in [0.1, 0.15) is 32.1 Å². The first kappa shape index (κ1) is 19.0. The van der Waals surface area contributed by atoms with Crippen LogP contribution in [-0.2, 0) is 7.05 Å². The van der Waals surface area contributed by atoms with Crippen molar-refractivity contribution >= 4 is 0 Å². The van der Waals surface area contributed by atoms with Crippen molar-refractivity contribution in [2.75, 3.05) is 0 Å². The monoisotopic (exact) mass is 409 g/mol. The average Bonchev–Trinajstić information content (AvgIpc) is 3.16. The number of aromatic hydroxyl groups is 1. The van der Waals surface area contributed by atoms with Gasteiger partial charge in [-0.25, -0.2) is 4.39 Å². The van der Waals surface area contributed by atoms with E-state index < -0.39 is 11.6 Å². The number of phenols is 1. The summed E-state index contributed by atoms with van der Waals surface area (Å²) in [5.41, 5.74) is 1.56. The van der Waals surface area contributed by atoms with E-state index in [9.17, 15) is 9.50 Å². The van der Waals surface area contributed by atoms with Crippen molar-refractivity contribution in [1.82, 2.24) is 25.3 Å².